The molecule has 1 amide bonds. The molecule has 4 heterocycles. The van der Waals surface area contributed by atoms with E-state index >= 15 is 0 Å². The van der Waals surface area contributed by atoms with E-state index in [9.17, 15) is 4.79 Å². The van der Waals surface area contributed by atoms with Crippen LogP contribution < -0.4 is 0 Å². The number of amides is 1. The van der Waals surface area contributed by atoms with E-state index in [1.807, 2.05) is 6.92 Å². The minimum Gasteiger partial charge on any atom is -0.335 e. The van der Waals surface area contributed by atoms with Crippen molar-refractivity contribution in [2.24, 2.45) is 0 Å². The molecule has 1 fully saturated rings. The molecule has 0 bridgehead atoms. The molecule has 4 rings (SSSR count). The first-order valence-electron chi connectivity index (χ1n) is 8.15. The fourth-order valence-electron chi connectivity index (χ4n) is 3.65. The second-order valence-electron chi connectivity index (χ2n) is 6.33. The average molecular weight is 331 g/mol. The molecule has 0 N–H and O–H groups in total. The number of hydrogen-bond acceptors (Lipinski definition) is 5. The number of rotatable bonds is 3. The van der Waals surface area contributed by atoms with E-state index in [1.165, 1.54) is 5.56 Å². The van der Waals surface area contributed by atoms with Crippen molar-refractivity contribution in [3.05, 3.63) is 34.0 Å². The summed E-state index contributed by atoms with van der Waals surface area (Å²) in [6.45, 7) is 5.80. The van der Waals surface area contributed by atoms with Crippen molar-refractivity contribution >= 4 is 17.2 Å². The fourth-order valence-corrected chi connectivity index (χ4v) is 4.35. The van der Waals surface area contributed by atoms with Crippen LogP contribution in [0.25, 0.3) is 0 Å². The molecule has 2 aromatic rings. The lowest BCUT2D eigenvalue weighted by molar-refractivity contribution is -0.133. The third kappa shape index (κ3) is 2.79. The zero-order valence-corrected chi connectivity index (χ0v) is 14.1. The van der Waals surface area contributed by atoms with Crippen LogP contribution in [0.15, 0.2) is 16.8 Å². The van der Waals surface area contributed by atoms with Gasteiger partial charge in [0.15, 0.2) is 0 Å². The van der Waals surface area contributed by atoms with Gasteiger partial charge in [0.05, 0.1) is 19.1 Å². The summed E-state index contributed by atoms with van der Waals surface area (Å²) in [5.41, 5.74) is 1.29. The monoisotopic (exact) mass is 331 g/mol. The molecular formula is C16H21N5OS. The topological polar surface area (TPSA) is 54.3 Å². The number of carbonyl (C=O) groups is 1. The minimum atomic E-state index is 0.239. The SMILES string of the molecule is Cc1nnc2n1CCN(CC(=O)N1CCCC1c1ccsc1)C2. The van der Waals surface area contributed by atoms with Gasteiger partial charge in [0.1, 0.15) is 11.6 Å². The lowest BCUT2D eigenvalue weighted by atomic mass is 10.1. The number of likely N-dealkylation sites (tertiary alicyclic amines) is 1. The maximum Gasteiger partial charge on any atom is 0.237 e. The number of thiophene rings is 1. The summed E-state index contributed by atoms with van der Waals surface area (Å²) in [4.78, 5) is 17.0. The Morgan fingerprint density at radius 2 is 2.26 bits per heavy atom. The molecule has 0 spiro atoms. The Kier molecular flexibility index (Phi) is 3.90. The Balaban J connectivity index is 1.42. The number of aryl methyl sites for hydroxylation is 1. The molecular weight excluding hydrogens is 310 g/mol. The van der Waals surface area contributed by atoms with Gasteiger partial charge in [-0.2, -0.15) is 11.3 Å². The smallest absolute Gasteiger partial charge is 0.237 e. The van der Waals surface area contributed by atoms with Gasteiger partial charge in [0.2, 0.25) is 5.91 Å². The predicted octanol–water partition coefficient (Wildman–Crippen LogP) is 1.83. The van der Waals surface area contributed by atoms with Gasteiger partial charge in [-0.1, -0.05) is 0 Å². The molecule has 2 aliphatic heterocycles. The fraction of sp³-hybridized carbons (Fsp3) is 0.562. The summed E-state index contributed by atoms with van der Waals surface area (Å²) < 4.78 is 2.14. The van der Waals surface area contributed by atoms with Crippen molar-refractivity contribution in [1.82, 2.24) is 24.6 Å². The Labute approximate surface area is 139 Å². The van der Waals surface area contributed by atoms with E-state index in [2.05, 4.69) is 41.4 Å². The molecule has 0 radical (unpaired) electrons. The van der Waals surface area contributed by atoms with E-state index in [0.717, 1.165) is 44.1 Å². The molecule has 23 heavy (non-hydrogen) atoms. The van der Waals surface area contributed by atoms with Crippen LogP contribution in [-0.2, 0) is 17.9 Å². The van der Waals surface area contributed by atoms with Crippen LogP contribution in [0.5, 0.6) is 0 Å². The first-order valence-corrected chi connectivity index (χ1v) is 9.09. The van der Waals surface area contributed by atoms with Crippen LogP contribution in [0.3, 0.4) is 0 Å². The molecule has 0 saturated carbocycles. The maximum absolute atomic E-state index is 12.8. The van der Waals surface area contributed by atoms with Gasteiger partial charge in [-0.15, -0.1) is 10.2 Å². The third-order valence-corrected chi connectivity index (χ3v) is 5.58. The lowest BCUT2D eigenvalue weighted by Gasteiger charge is -2.30. The molecule has 1 saturated heterocycles. The Hall–Kier alpha value is -1.73. The van der Waals surface area contributed by atoms with Gasteiger partial charge in [-0.3, -0.25) is 9.69 Å². The van der Waals surface area contributed by atoms with Crippen molar-refractivity contribution in [2.75, 3.05) is 19.6 Å². The second kappa shape index (κ2) is 6.05. The quantitative estimate of drug-likeness (QED) is 0.861. The van der Waals surface area contributed by atoms with Crippen molar-refractivity contribution in [3.8, 4) is 0 Å². The summed E-state index contributed by atoms with van der Waals surface area (Å²) in [5, 5.41) is 12.6. The number of fused-ring (bicyclic) bond motifs is 1. The van der Waals surface area contributed by atoms with Crippen molar-refractivity contribution < 1.29 is 4.79 Å². The summed E-state index contributed by atoms with van der Waals surface area (Å²) >= 11 is 1.70. The number of nitrogens with zero attached hydrogens (tertiary/aromatic N) is 5. The van der Waals surface area contributed by atoms with Gasteiger partial charge in [-0.05, 0) is 42.2 Å². The van der Waals surface area contributed by atoms with E-state index in [-0.39, 0.29) is 11.9 Å². The normalized spacial score (nSPS) is 21.6. The van der Waals surface area contributed by atoms with Crippen LogP contribution in [0.1, 0.15) is 36.1 Å². The number of hydrogen-bond donors (Lipinski definition) is 0. The van der Waals surface area contributed by atoms with Gasteiger partial charge < -0.3 is 9.47 Å². The molecule has 2 aromatic heterocycles. The summed E-state index contributed by atoms with van der Waals surface area (Å²) in [5.74, 6) is 2.17. The zero-order valence-electron chi connectivity index (χ0n) is 13.3. The summed E-state index contributed by atoms with van der Waals surface area (Å²) in [7, 11) is 0. The first-order chi connectivity index (χ1) is 11.2. The van der Waals surface area contributed by atoms with E-state index in [0.29, 0.717) is 13.1 Å². The molecule has 1 unspecified atom stereocenters. The highest BCUT2D eigenvalue weighted by Gasteiger charge is 2.31. The van der Waals surface area contributed by atoms with Gasteiger partial charge >= 0.3 is 0 Å². The van der Waals surface area contributed by atoms with E-state index < -0.39 is 0 Å². The number of aromatic nitrogens is 3. The molecule has 7 heteroatoms. The zero-order chi connectivity index (χ0) is 15.8. The van der Waals surface area contributed by atoms with E-state index in [4.69, 9.17) is 0 Å². The van der Waals surface area contributed by atoms with Gasteiger partial charge in [0, 0.05) is 19.6 Å². The third-order valence-electron chi connectivity index (χ3n) is 4.88. The van der Waals surface area contributed by atoms with Crippen molar-refractivity contribution in [2.45, 2.75) is 38.9 Å². The van der Waals surface area contributed by atoms with Gasteiger partial charge in [-0.25, -0.2) is 0 Å². The van der Waals surface area contributed by atoms with Crippen LogP contribution in [0.4, 0.5) is 0 Å². The summed E-state index contributed by atoms with van der Waals surface area (Å²) in [6, 6.07) is 2.41. The minimum absolute atomic E-state index is 0.239. The predicted molar refractivity (Wildman–Crippen MR) is 88.0 cm³/mol. The highest BCUT2D eigenvalue weighted by molar-refractivity contribution is 7.07. The Morgan fingerprint density at radius 3 is 3.09 bits per heavy atom. The second-order valence-corrected chi connectivity index (χ2v) is 7.11. The molecule has 1 atom stereocenters. The Bertz CT molecular complexity index is 695. The first kappa shape index (κ1) is 14.8. The van der Waals surface area contributed by atoms with E-state index in [1.54, 1.807) is 11.3 Å². The summed E-state index contributed by atoms with van der Waals surface area (Å²) in [6.07, 6.45) is 2.18. The standard InChI is InChI=1S/C16H21N5OS/c1-12-17-18-15-9-19(6-7-20(12)15)10-16(22)21-5-2-3-14(21)13-4-8-23-11-13/h4,8,11,14H,2-3,5-7,9-10H2,1H3. The molecule has 6 nitrogen and oxygen atoms in total. The van der Waals surface area contributed by atoms with Crippen LogP contribution >= 0.6 is 11.3 Å². The Morgan fingerprint density at radius 1 is 1.35 bits per heavy atom. The van der Waals surface area contributed by atoms with Gasteiger partial charge in [0.25, 0.3) is 0 Å². The molecule has 122 valence electrons. The van der Waals surface area contributed by atoms with Crippen molar-refractivity contribution in [3.63, 3.8) is 0 Å². The highest BCUT2D eigenvalue weighted by Crippen LogP contribution is 2.33. The largest absolute Gasteiger partial charge is 0.335 e. The van der Waals surface area contributed by atoms with Crippen LogP contribution in [0, 0.1) is 6.92 Å². The average Bonchev–Trinajstić information content (AvgIpc) is 3.27. The highest BCUT2D eigenvalue weighted by atomic mass is 32.1. The van der Waals surface area contributed by atoms with Crippen LogP contribution in [-0.4, -0.2) is 50.1 Å². The maximum atomic E-state index is 12.8. The van der Waals surface area contributed by atoms with Crippen LogP contribution in [0.2, 0.25) is 0 Å². The lowest BCUT2D eigenvalue weighted by Crippen LogP contribution is -2.43. The van der Waals surface area contributed by atoms with Crippen molar-refractivity contribution in [1.29, 1.82) is 0 Å². The molecule has 2 aliphatic rings. The number of carbonyl (C=O) groups excluding carboxylic acids is 1. The molecule has 0 aliphatic carbocycles. The molecule has 0 aromatic carbocycles.